The van der Waals surface area contributed by atoms with Crippen LogP contribution in [0.15, 0.2) is 23.0 Å². The van der Waals surface area contributed by atoms with Gasteiger partial charge in [-0.3, -0.25) is 9.36 Å². The molecule has 0 amide bonds. The summed E-state index contributed by atoms with van der Waals surface area (Å²) in [5.41, 5.74) is 0.375. The van der Waals surface area contributed by atoms with E-state index in [2.05, 4.69) is 4.98 Å². The molecule has 0 aliphatic rings. The van der Waals surface area contributed by atoms with Crippen LogP contribution in [-0.4, -0.2) is 14.7 Å². The van der Waals surface area contributed by atoms with Crippen LogP contribution in [0.4, 0.5) is 0 Å². The molecule has 2 aromatic rings. The summed E-state index contributed by atoms with van der Waals surface area (Å²) >= 11 is 5.87. The maximum atomic E-state index is 12.2. The van der Waals surface area contributed by atoms with Crippen LogP contribution in [0.5, 0.6) is 0 Å². The number of rotatable bonds is 3. The van der Waals surface area contributed by atoms with E-state index in [0.29, 0.717) is 28.2 Å². The summed E-state index contributed by atoms with van der Waals surface area (Å²) in [5.74, 6) is 0.400. The van der Waals surface area contributed by atoms with Crippen LogP contribution < -0.4 is 5.56 Å². The summed E-state index contributed by atoms with van der Waals surface area (Å²) in [5, 5.41) is 11.0. The summed E-state index contributed by atoms with van der Waals surface area (Å²) in [6.45, 7) is 1.97. The topological polar surface area (TPSA) is 55.1 Å². The number of hydrogen-bond donors (Lipinski definition) is 1. The quantitative estimate of drug-likeness (QED) is 0.928. The van der Waals surface area contributed by atoms with Crippen molar-refractivity contribution < 1.29 is 5.11 Å². The number of benzene rings is 1. The molecule has 2 rings (SSSR count). The van der Waals surface area contributed by atoms with E-state index in [4.69, 9.17) is 11.6 Å². The highest BCUT2D eigenvalue weighted by atomic mass is 35.5. The monoisotopic (exact) mass is 266 g/mol. The Labute approximate surface area is 110 Å². The SMILES string of the molecule is CCCC(O)c1nc2ccc(Cl)cc2c(=O)n1C. The Hall–Kier alpha value is -1.39. The number of aromatic nitrogens is 2. The van der Waals surface area contributed by atoms with Crippen LogP contribution in [0.25, 0.3) is 10.9 Å². The molecule has 0 saturated carbocycles. The standard InChI is InChI=1S/C13H15ClN2O2/c1-3-4-11(17)12-15-10-6-5-8(14)7-9(10)13(18)16(12)2/h5-7,11,17H,3-4H2,1-2H3. The Kier molecular flexibility index (Phi) is 3.68. The largest absolute Gasteiger partial charge is 0.385 e. The lowest BCUT2D eigenvalue weighted by Crippen LogP contribution is -2.24. The van der Waals surface area contributed by atoms with Gasteiger partial charge in [0.15, 0.2) is 0 Å². The molecular formula is C13H15ClN2O2. The van der Waals surface area contributed by atoms with Gasteiger partial charge in [0, 0.05) is 12.1 Å². The molecule has 1 aromatic carbocycles. The minimum atomic E-state index is -0.715. The summed E-state index contributed by atoms with van der Waals surface area (Å²) < 4.78 is 1.39. The van der Waals surface area contributed by atoms with Crippen LogP contribution in [0.1, 0.15) is 31.7 Å². The first-order valence-corrected chi connectivity index (χ1v) is 6.26. The lowest BCUT2D eigenvalue weighted by molar-refractivity contribution is 0.152. The molecule has 1 N–H and O–H groups in total. The summed E-state index contributed by atoms with van der Waals surface area (Å²) in [7, 11) is 1.61. The van der Waals surface area contributed by atoms with Crippen molar-refractivity contribution in [2.75, 3.05) is 0 Å². The predicted molar refractivity (Wildman–Crippen MR) is 71.9 cm³/mol. The molecule has 0 spiro atoms. The lowest BCUT2D eigenvalue weighted by atomic mass is 10.1. The van der Waals surface area contributed by atoms with Crippen LogP contribution in [0.3, 0.4) is 0 Å². The van der Waals surface area contributed by atoms with Gasteiger partial charge in [-0.2, -0.15) is 0 Å². The zero-order valence-corrected chi connectivity index (χ0v) is 11.1. The first kappa shape index (κ1) is 13.1. The van der Waals surface area contributed by atoms with E-state index in [1.165, 1.54) is 4.57 Å². The fourth-order valence-electron chi connectivity index (χ4n) is 1.96. The molecule has 0 saturated heterocycles. The first-order chi connectivity index (χ1) is 8.54. The van der Waals surface area contributed by atoms with Gasteiger partial charge in [-0.25, -0.2) is 4.98 Å². The number of halogens is 1. The van der Waals surface area contributed by atoms with Crippen LogP contribution in [0, 0.1) is 0 Å². The van der Waals surface area contributed by atoms with Gasteiger partial charge in [-0.15, -0.1) is 0 Å². The molecule has 0 bridgehead atoms. The van der Waals surface area contributed by atoms with Gasteiger partial charge in [0.1, 0.15) is 11.9 Å². The first-order valence-electron chi connectivity index (χ1n) is 5.89. The van der Waals surface area contributed by atoms with Gasteiger partial charge in [-0.05, 0) is 24.6 Å². The number of aliphatic hydroxyl groups excluding tert-OH is 1. The van der Waals surface area contributed by atoms with Gasteiger partial charge < -0.3 is 5.11 Å². The molecule has 5 heteroatoms. The van der Waals surface area contributed by atoms with Crippen LogP contribution in [0.2, 0.25) is 5.02 Å². The van der Waals surface area contributed by atoms with E-state index in [1.807, 2.05) is 6.92 Å². The third kappa shape index (κ3) is 2.26. The van der Waals surface area contributed by atoms with Crippen molar-refractivity contribution in [2.45, 2.75) is 25.9 Å². The average Bonchev–Trinajstić information content (AvgIpc) is 2.34. The Bertz CT molecular complexity index is 637. The highest BCUT2D eigenvalue weighted by Gasteiger charge is 2.15. The van der Waals surface area contributed by atoms with Crippen molar-refractivity contribution in [3.8, 4) is 0 Å². The van der Waals surface area contributed by atoms with Gasteiger partial charge >= 0.3 is 0 Å². The maximum absolute atomic E-state index is 12.2. The minimum absolute atomic E-state index is 0.187. The Morgan fingerprint density at radius 2 is 2.22 bits per heavy atom. The predicted octanol–water partition coefficient (Wildman–Crippen LogP) is 2.42. The van der Waals surface area contributed by atoms with E-state index in [1.54, 1.807) is 25.2 Å². The zero-order chi connectivity index (χ0) is 13.3. The molecule has 1 aromatic heterocycles. The number of fused-ring (bicyclic) bond motifs is 1. The average molecular weight is 267 g/mol. The third-order valence-corrected chi connectivity index (χ3v) is 3.17. The second-order valence-electron chi connectivity index (χ2n) is 4.30. The fraction of sp³-hybridized carbons (Fsp3) is 0.385. The fourth-order valence-corrected chi connectivity index (χ4v) is 2.13. The second kappa shape index (κ2) is 5.08. The van der Waals surface area contributed by atoms with Crippen molar-refractivity contribution in [1.82, 2.24) is 9.55 Å². The van der Waals surface area contributed by atoms with Crippen molar-refractivity contribution >= 4 is 22.5 Å². The molecule has 0 fully saturated rings. The minimum Gasteiger partial charge on any atom is -0.385 e. The summed E-state index contributed by atoms with van der Waals surface area (Å²) in [4.78, 5) is 16.5. The van der Waals surface area contributed by atoms with Crippen LogP contribution in [-0.2, 0) is 7.05 Å². The molecule has 1 unspecified atom stereocenters. The number of hydrogen-bond acceptors (Lipinski definition) is 3. The number of aliphatic hydroxyl groups is 1. The van der Waals surface area contributed by atoms with E-state index in [0.717, 1.165) is 6.42 Å². The van der Waals surface area contributed by atoms with E-state index >= 15 is 0 Å². The van der Waals surface area contributed by atoms with Crippen molar-refractivity contribution in [1.29, 1.82) is 0 Å². The van der Waals surface area contributed by atoms with Crippen molar-refractivity contribution in [3.05, 3.63) is 39.4 Å². The molecule has 18 heavy (non-hydrogen) atoms. The van der Waals surface area contributed by atoms with Crippen molar-refractivity contribution in [2.24, 2.45) is 7.05 Å². The Morgan fingerprint density at radius 3 is 2.89 bits per heavy atom. The molecule has 1 atom stereocenters. The summed E-state index contributed by atoms with van der Waals surface area (Å²) in [6, 6.07) is 4.98. The molecule has 0 aliphatic carbocycles. The van der Waals surface area contributed by atoms with Gasteiger partial charge in [-0.1, -0.05) is 24.9 Å². The van der Waals surface area contributed by atoms with E-state index in [-0.39, 0.29) is 5.56 Å². The smallest absolute Gasteiger partial charge is 0.261 e. The summed E-state index contributed by atoms with van der Waals surface area (Å²) in [6.07, 6.45) is 0.697. The molecular weight excluding hydrogens is 252 g/mol. The van der Waals surface area contributed by atoms with E-state index < -0.39 is 6.10 Å². The molecule has 0 radical (unpaired) electrons. The zero-order valence-electron chi connectivity index (χ0n) is 10.4. The Balaban J connectivity index is 2.68. The van der Waals surface area contributed by atoms with Gasteiger partial charge in [0.2, 0.25) is 0 Å². The molecule has 96 valence electrons. The Morgan fingerprint density at radius 1 is 1.50 bits per heavy atom. The highest BCUT2D eigenvalue weighted by molar-refractivity contribution is 6.31. The highest BCUT2D eigenvalue weighted by Crippen LogP contribution is 2.19. The van der Waals surface area contributed by atoms with Gasteiger partial charge in [0.25, 0.3) is 5.56 Å². The lowest BCUT2D eigenvalue weighted by Gasteiger charge is -2.14. The molecule has 0 aliphatic heterocycles. The molecule has 1 heterocycles. The maximum Gasteiger partial charge on any atom is 0.261 e. The number of nitrogens with zero attached hydrogens (tertiary/aromatic N) is 2. The third-order valence-electron chi connectivity index (χ3n) is 2.93. The van der Waals surface area contributed by atoms with Gasteiger partial charge in [0.05, 0.1) is 10.9 Å². The second-order valence-corrected chi connectivity index (χ2v) is 4.74. The van der Waals surface area contributed by atoms with Crippen LogP contribution >= 0.6 is 11.6 Å². The van der Waals surface area contributed by atoms with Crippen molar-refractivity contribution in [3.63, 3.8) is 0 Å². The molecule has 4 nitrogen and oxygen atoms in total. The normalized spacial score (nSPS) is 12.9. The van der Waals surface area contributed by atoms with E-state index in [9.17, 15) is 9.90 Å².